The van der Waals surface area contributed by atoms with E-state index in [4.69, 9.17) is 21.7 Å². The number of dihydropyridines is 1. The summed E-state index contributed by atoms with van der Waals surface area (Å²) in [6.07, 6.45) is -4.49. The van der Waals surface area contributed by atoms with E-state index in [1.807, 2.05) is 0 Å². The van der Waals surface area contributed by atoms with Gasteiger partial charge in [0.05, 0.1) is 35.8 Å². The van der Waals surface area contributed by atoms with Crippen LogP contribution in [0.2, 0.25) is 0 Å². The van der Waals surface area contributed by atoms with Gasteiger partial charge in [-0.3, -0.25) is 0 Å². The number of halogens is 3. The Balaban J connectivity index is 1.94. The molecule has 1 aliphatic heterocycles. The van der Waals surface area contributed by atoms with E-state index in [9.17, 15) is 22.8 Å². The molecule has 0 saturated carbocycles. The van der Waals surface area contributed by atoms with Crippen molar-refractivity contribution < 1.29 is 32.2 Å². The van der Waals surface area contributed by atoms with Gasteiger partial charge in [-0.05, 0) is 75.8 Å². The number of allylic oxidation sites excluding steroid dienone is 2. The molecule has 2 aromatic carbocycles. The number of benzene rings is 2. The molecular formula is C27H28F3N3O4S. The van der Waals surface area contributed by atoms with Crippen LogP contribution in [-0.2, 0) is 25.2 Å². The Kier molecular flexibility index (Phi) is 9.16. The molecule has 3 N–H and O–H groups in total. The average molecular weight is 548 g/mol. The van der Waals surface area contributed by atoms with Crippen molar-refractivity contribution in [2.75, 3.05) is 23.8 Å². The summed E-state index contributed by atoms with van der Waals surface area (Å²) < 4.78 is 49.7. The molecule has 0 unspecified atom stereocenters. The first-order valence-electron chi connectivity index (χ1n) is 11.8. The van der Waals surface area contributed by atoms with E-state index in [0.717, 1.165) is 12.1 Å². The summed E-state index contributed by atoms with van der Waals surface area (Å²) in [4.78, 5) is 25.9. The number of thiocarbonyl (C=S) groups is 1. The third kappa shape index (κ3) is 6.71. The van der Waals surface area contributed by atoms with Gasteiger partial charge in [0.1, 0.15) is 0 Å². The number of carbonyl (C=O) groups excluding carboxylic acids is 2. The Bertz CT molecular complexity index is 1260. The zero-order valence-electron chi connectivity index (χ0n) is 21.3. The van der Waals surface area contributed by atoms with Gasteiger partial charge in [0.2, 0.25) is 0 Å². The maximum Gasteiger partial charge on any atom is 0.416 e. The topological polar surface area (TPSA) is 88.7 Å². The summed E-state index contributed by atoms with van der Waals surface area (Å²) in [5, 5.41) is 8.83. The van der Waals surface area contributed by atoms with Crippen molar-refractivity contribution in [3.8, 4) is 0 Å². The minimum absolute atomic E-state index is 0.0569. The van der Waals surface area contributed by atoms with Crippen LogP contribution in [0.1, 0.15) is 44.7 Å². The number of nitrogens with one attached hydrogen (secondary N) is 3. The zero-order valence-corrected chi connectivity index (χ0v) is 22.1. The Morgan fingerprint density at radius 1 is 0.895 bits per heavy atom. The van der Waals surface area contributed by atoms with Crippen LogP contribution in [0, 0.1) is 0 Å². The van der Waals surface area contributed by atoms with Gasteiger partial charge in [-0.25, -0.2) is 9.59 Å². The molecule has 1 aliphatic rings. The highest BCUT2D eigenvalue weighted by atomic mass is 32.1. The fourth-order valence-electron chi connectivity index (χ4n) is 4.15. The van der Waals surface area contributed by atoms with E-state index in [1.54, 1.807) is 52.0 Å². The molecular weight excluding hydrogens is 519 g/mol. The highest BCUT2D eigenvalue weighted by Gasteiger charge is 2.38. The van der Waals surface area contributed by atoms with Crippen LogP contribution in [0.4, 0.5) is 24.5 Å². The van der Waals surface area contributed by atoms with Gasteiger partial charge < -0.3 is 25.4 Å². The van der Waals surface area contributed by atoms with E-state index >= 15 is 0 Å². The largest absolute Gasteiger partial charge is 0.463 e. The predicted molar refractivity (Wildman–Crippen MR) is 142 cm³/mol. The second kappa shape index (κ2) is 12.1. The second-order valence-corrected chi connectivity index (χ2v) is 8.77. The number of hydrogen-bond donors (Lipinski definition) is 3. The molecule has 3 rings (SSSR count). The number of esters is 2. The molecule has 202 valence electrons. The van der Waals surface area contributed by atoms with Crippen LogP contribution in [0.3, 0.4) is 0 Å². The van der Waals surface area contributed by atoms with Gasteiger partial charge in [0.25, 0.3) is 0 Å². The molecule has 7 nitrogen and oxygen atoms in total. The van der Waals surface area contributed by atoms with Crippen molar-refractivity contribution in [3.63, 3.8) is 0 Å². The van der Waals surface area contributed by atoms with E-state index < -0.39 is 29.6 Å². The Morgan fingerprint density at radius 3 is 1.89 bits per heavy atom. The summed E-state index contributed by atoms with van der Waals surface area (Å²) in [7, 11) is 0. The van der Waals surface area contributed by atoms with Crippen LogP contribution >= 0.6 is 12.2 Å². The number of ether oxygens (including phenoxy) is 2. The Labute approximate surface area is 224 Å². The van der Waals surface area contributed by atoms with Gasteiger partial charge in [0.15, 0.2) is 5.11 Å². The third-order valence-corrected chi connectivity index (χ3v) is 5.88. The lowest BCUT2D eigenvalue weighted by molar-refractivity contribution is -0.140. The maximum atomic E-state index is 13.0. The van der Waals surface area contributed by atoms with E-state index in [0.29, 0.717) is 22.6 Å². The van der Waals surface area contributed by atoms with Gasteiger partial charge in [0, 0.05) is 22.8 Å². The fourth-order valence-corrected chi connectivity index (χ4v) is 4.38. The molecule has 0 spiro atoms. The monoisotopic (exact) mass is 547 g/mol. The Morgan fingerprint density at radius 2 is 1.39 bits per heavy atom. The molecule has 0 saturated heterocycles. The summed E-state index contributed by atoms with van der Waals surface area (Å²) in [5.41, 5.74) is 2.05. The van der Waals surface area contributed by atoms with Crippen molar-refractivity contribution in [2.24, 2.45) is 0 Å². The standard InChI is InChI=1S/C27H28F3N3O4S/c1-5-36-24(34)21-15(3)31-16(4)22(25(35)37-6-2)23(21)17-9-7-11-19(13-17)32-26(38)33-20-12-8-10-18(14-20)27(28,29)30/h7-14,23,31H,5-6H2,1-4H3,(H2,32,33,38). The van der Waals surface area contributed by atoms with Crippen LogP contribution < -0.4 is 16.0 Å². The lowest BCUT2D eigenvalue weighted by Gasteiger charge is -2.30. The number of alkyl halides is 3. The van der Waals surface area contributed by atoms with Gasteiger partial charge in [-0.1, -0.05) is 18.2 Å². The van der Waals surface area contributed by atoms with Crippen LogP contribution in [0.25, 0.3) is 0 Å². The first-order chi connectivity index (χ1) is 18.0. The highest BCUT2D eigenvalue weighted by Crippen LogP contribution is 2.40. The molecule has 38 heavy (non-hydrogen) atoms. The summed E-state index contributed by atoms with van der Waals surface area (Å²) in [5.74, 6) is -1.94. The van der Waals surface area contributed by atoms with E-state index in [1.165, 1.54) is 12.1 Å². The zero-order chi connectivity index (χ0) is 28.0. The molecule has 0 aliphatic carbocycles. The molecule has 0 fully saturated rings. The molecule has 0 atom stereocenters. The smallest absolute Gasteiger partial charge is 0.416 e. The van der Waals surface area contributed by atoms with Crippen molar-refractivity contribution in [2.45, 2.75) is 39.8 Å². The number of carbonyl (C=O) groups is 2. The normalized spacial score (nSPS) is 14.1. The molecule has 1 heterocycles. The van der Waals surface area contributed by atoms with Crippen LogP contribution in [-0.4, -0.2) is 30.3 Å². The number of hydrogen-bond acceptors (Lipinski definition) is 6. The third-order valence-electron chi connectivity index (χ3n) is 5.68. The molecule has 0 radical (unpaired) electrons. The van der Waals surface area contributed by atoms with Crippen molar-refractivity contribution in [1.29, 1.82) is 0 Å². The summed E-state index contributed by atoms with van der Waals surface area (Å²) in [6.45, 7) is 7.13. The van der Waals surface area contributed by atoms with E-state index in [-0.39, 0.29) is 35.2 Å². The quantitative estimate of drug-likeness (QED) is 0.293. The lowest BCUT2D eigenvalue weighted by atomic mass is 9.80. The van der Waals surface area contributed by atoms with Crippen molar-refractivity contribution >= 4 is 40.6 Å². The highest BCUT2D eigenvalue weighted by molar-refractivity contribution is 7.80. The average Bonchev–Trinajstić information content (AvgIpc) is 2.83. The van der Waals surface area contributed by atoms with Gasteiger partial charge >= 0.3 is 18.1 Å². The fraction of sp³-hybridized carbons (Fsp3) is 0.296. The summed E-state index contributed by atoms with van der Waals surface area (Å²) >= 11 is 5.31. The SMILES string of the molecule is CCOC(=O)C1=C(C)NC(C)=C(C(=O)OCC)C1c1cccc(NC(=S)Nc2cccc(C(F)(F)F)c2)c1. The minimum atomic E-state index is -4.49. The van der Waals surface area contributed by atoms with Crippen LogP contribution in [0.5, 0.6) is 0 Å². The Hall–Kier alpha value is -3.86. The predicted octanol–water partition coefficient (Wildman–Crippen LogP) is 5.88. The first-order valence-corrected chi connectivity index (χ1v) is 12.2. The molecule has 2 aromatic rings. The number of anilines is 2. The first kappa shape index (κ1) is 28.7. The van der Waals surface area contributed by atoms with Crippen molar-refractivity contribution in [1.82, 2.24) is 5.32 Å². The van der Waals surface area contributed by atoms with Gasteiger partial charge in [-0.15, -0.1) is 0 Å². The molecule has 0 aromatic heterocycles. The molecule has 0 amide bonds. The van der Waals surface area contributed by atoms with Crippen LogP contribution in [0.15, 0.2) is 71.1 Å². The molecule has 0 bridgehead atoms. The minimum Gasteiger partial charge on any atom is -0.463 e. The summed E-state index contributed by atoms with van der Waals surface area (Å²) in [6, 6.07) is 11.5. The van der Waals surface area contributed by atoms with Gasteiger partial charge in [-0.2, -0.15) is 13.2 Å². The second-order valence-electron chi connectivity index (χ2n) is 8.36. The van der Waals surface area contributed by atoms with E-state index in [2.05, 4.69) is 16.0 Å². The van der Waals surface area contributed by atoms with Crippen molar-refractivity contribution in [3.05, 3.63) is 82.2 Å². The number of rotatable bonds is 7. The maximum absolute atomic E-state index is 13.0. The molecule has 11 heteroatoms. The lowest BCUT2D eigenvalue weighted by Crippen LogP contribution is -2.32.